The third-order valence-electron chi connectivity index (χ3n) is 4.14. The molecule has 1 aromatic rings. The van der Waals surface area contributed by atoms with Crippen molar-refractivity contribution in [1.29, 1.82) is 0 Å². The summed E-state index contributed by atoms with van der Waals surface area (Å²) in [5.74, 6) is -0.240. The lowest BCUT2D eigenvalue weighted by Gasteiger charge is -2.21. The first-order valence-electron chi connectivity index (χ1n) is 7.66. The van der Waals surface area contributed by atoms with E-state index < -0.39 is 6.03 Å². The molecule has 0 saturated carbocycles. The first kappa shape index (κ1) is 16.7. The van der Waals surface area contributed by atoms with Crippen molar-refractivity contribution >= 4 is 6.03 Å². The van der Waals surface area contributed by atoms with Crippen molar-refractivity contribution in [2.45, 2.75) is 57.3 Å². The Balaban J connectivity index is 1.73. The number of carbonyl (C=O) groups excluding carboxylic acids is 1. The molecule has 5 nitrogen and oxygen atoms in total. The van der Waals surface area contributed by atoms with Gasteiger partial charge in [-0.2, -0.15) is 0 Å². The van der Waals surface area contributed by atoms with Crippen molar-refractivity contribution in [2.75, 3.05) is 0 Å². The molecule has 2 rings (SSSR count). The quantitative estimate of drug-likeness (QED) is 0.625. The number of hydrogen-bond donors (Lipinski definition) is 2. The molecule has 0 bridgehead atoms. The first-order chi connectivity index (χ1) is 10.5. The second-order valence-electron chi connectivity index (χ2n) is 5.84. The van der Waals surface area contributed by atoms with E-state index in [-0.39, 0.29) is 24.1 Å². The van der Waals surface area contributed by atoms with Crippen LogP contribution in [-0.4, -0.2) is 28.4 Å². The molecule has 1 heterocycles. The van der Waals surface area contributed by atoms with Crippen LogP contribution >= 0.6 is 0 Å². The molecule has 2 amide bonds. The fraction of sp³-hybridized carbons (Fsp3) is 0.562. The van der Waals surface area contributed by atoms with Gasteiger partial charge >= 0.3 is 6.03 Å². The minimum absolute atomic E-state index is 0.0305. The monoisotopic (exact) mass is 310 g/mol. The molecule has 0 radical (unpaired) electrons. The van der Waals surface area contributed by atoms with Crippen LogP contribution in [0.25, 0.3) is 0 Å². The number of halogens is 1. The molecule has 0 aromatic heterocycles. The molecule has 122 valence electrons. The molecule has 1 aliphatic rings. The highest BCUT2D eigenvalue weighted by molar-refractivity contribution is 5.70. The zero-order chi connectivity index (χ0) is 16.1. The molecule has 0 unspecified atom stereocenters. The third kappa shape index (κ3) is 4.42. The van der Waals surface area contributed by atoms with E-state index in [2.05, 4.69) is 0 Å². The summed E-state index contributed by atoms with van der Waals surface area (Å²) in [6, 6.07) is 5.30. The van der Waals surface area contributed by atoms with E-state index in [0.29, 0.717) is 11.5 Å². The number of carbonyl (C=O) groups is 1. The van der Waals surface area contributed by atoms with Crippen LogP contribution in [0.3, 0.4) is 0 Å². The second-order valence-corrected chi connectivity index (χ2v) is 5.84. The van der Waals surface area contributed by atoms with E-state index in [1.165, 1.54) is 12.1 Å². The van der Waals surface area contributed by atoms with Crippen LogP contribution in [0.2, 0.25) is 0 Å². The van der Waals surface area contributed by atoms with Crippen LogP contribution < -0.4 is 5.73 Å². The van der Waals surface area contributed by atoms with Crippen LogP contribution in [-0.2, 0) is 4.74 Å². The number of hydrogen-bond acceptors (Lipinski definition) is 3. The zero-order valence-corrected chi connectivity index (χ0v) is 12.7. The Hall–Kier alpha value is -1.66. The van der Waals surface area contributed by atoms with E-state index in [4.69, 9.17) is 10.5 Å². The minimum Gasteiger partial charge on any atom is -0.370 e. The Morgan fingerprint density at radius 2 is 2.14 bits per heavy atom. The molecule has 3 atom stereocenters. The predicted molar refractivity (Wildman–Crippen MR) is 79.8 cm³/mol. The van der Waals surface area contributed by atoms with Gasteiger partial charge in [-0.15, -0.1) is 0 Å². The maximum absolute atomic E-state index is 12.9. The van der Waals surface area contributed by atoms with Gasteiger partial charge in [0.05, 0.1) is 18.2 Å². The van der Waals surface area contributed by atoms with Gasteiger partial charge < -0.3 is 10.5 Å². The number of ether oxygens (including phenoxy) is 1. The van der Waals surface area contributed by atoms with Gasteiger partial charge in [-0.3, -0.25) is 5.21 Å². The number of benzene rings is 1. The summed E-state index contributed by atoms with van der Waals surface area (Å²) in [4.78, 5) is 10.8. The van der Waals surface area contributed by atoms with Gasteiger partial charge in [-0.1, -0.05) is 12.1 Å². The summed E-state index contributed by atoms with van der Waals surface area (Å²) in [6.07, 6.45) is 4.47. The number of primary amides is 1. The zero-order valence-electron chi connectivity index (χ0n) is 12.7. The van der Waals surface area contributed by atoms with Crippen LogP contribution in [0, 0.1) is 5.82 Å². The fourth-order valence-corrected chi connectivity index (χ4v) is 2.82. The normalized spacial score (nSPS) is 22.5. The van der Waals surface area contributed by atoms with E-state index in [0.717, 1.165) is 31.2 Å². The fourth-order valence-electron chi connectivity index (χ4n) is 2.82. The average molecular weight is 310 g/mol. The summed E-state index contributed by atoms with van der Waals surface area (Å²) in [6.45, 7) is 1.75. The summed E-state index contributed by atoms with van der Waals surface area (Å²) < 4.78 is 18.9. The molecule has 0 aliphatic carbocycles. The Morgan fingerprint density at radius 3 is 2.77 bits per heavy atom. The first-order valence-corrected chi connectivity index (χ1v) is 7.66. The summed E-state index contributed by atoms with van der Waals surface area (Å²) in [5, 5.41) is 9.96. The third-order valence-corrected chi connectivity index (χ3v) is 4.14. The van der Waals surface area contributed by atoms with Crippen molar-refractivity contribution in [3.8, 4) is 0 Å². The van der Waals surface area contributed by atoms with Crippen LogP contribution in [0.5, 0.6) is 0 Å². The molecule has 3 N–H and O–H groups in total. The summed E-state index contributed by atoms with van der Waals surface area (Å²) in [7, 11) is 0. The van der Waals surface area contributed by atoms with Crippen LogP contribution in [0.15, 0.2) is 24.3 Å². The van der Waals surface area contributed by atoms with Gasteiger partial charge in [0.1, 0.15) is 5.82 Å². The van der Waals surface area contributed by atoms with Crippen molar-refractivity contribution in [2.24, 2.45) is 5.73 Å². The molecular weight excluding hydrogens is 287 g/mol. The van der Waals surface area contributed by atoms with Crippen LogP contribution in [0.1, 0.15) is 50.7 Å². The lowest BCUT2D eigenvalue weighted by molar-refractivity contribution is -0.0728. The highest BCUT2D eigenvalue weighted by Gasteiger charge is 2.26. The number of amides is 2. The van der Waals surface area contributed by atoms with Gasteiger partial charge in [0.25, 0.3) is 0 Å². The number of nitrogens with zero attached hydrogens (tertiary/aromatic N) is 1. The molecule has 0 spiro atoms. The molecule has 1 fully saturated rings. The van der Waals surface area contributed by atoms with Crippen molar-refractivity contribution in [1.82, 2.24) is 5.06 Å². The van der Waals surface area contributed by atoms with Crippen LogP contribution in [0.4, 0.5) is 9.18 Å². The molecule has 22 heavy (non-hydrogen) atoms. The number of urea groups is 1. The maximum atomic E-state index is 12.9. The van der Waals surface area contributed by atoms with Gasteiger partial charge in [0, 0.05) is 0 Å². The lowest BCUT2D eigenvalue weighted by Crippen LogP contribution is -2.39. The lowest BCUT2D eigenvalue weighted by atomic mass is 10.0. The van der Waals surface area contributed by atoms with E-state index in [9.17, 15) is 14.4 Å². The Morgan fingerprint density at radius 1 is 1.45 bits per heavy atom. The SMILES string of the molecule is C[C@@H](CCC[C@H]1CC[C@H](c2ccc(F)cc2)O1)N(O)C(N)=O. The highest BCUT2D eigenvalue weighted by atomic mass is 19.1. The molecular formula is C16H23FN2O3. The van der Waals surface area contributed by atoms with Gasteiger partial charge in [-0.05, 0) is 56.7 Å². The van der Waals surface area contributed by atoms with E-state index in [1.807, 2.05) is 0 Å². The molecule has 1 aromatic carbocycles. The molecule has 6 heteroatoms. The van der Waals surface area contributed by atoms with Crippen molar-refractivity contribution in [3.05, 3.63) is 35.6 Å². The largest absolute Gasteiger partial charge is 0.370 e. The summed E-state index contributed by atoms with van der Waals surface area (Å²) in [5.41, 5.74) is 6.02. The number of hydroxylamine groups is 2. The van der Waals surface area contributed by atoms with Crippen molar-refractivity contribution in [3.63, 3.8) is 0 Å². The Bertz CT molecular complexity index is 495. The second kappa shape index (κ2) is 7.56. The Labute approximate surface area is 129 Å². The average Bonchev–Trinajstić information content (AvgIpc) is 2.95. The standard InChI is InChI=1S/C16H23FN2O3/c1-11(19(21)16(18)20)3-2-4-14-9-10-15(22-14)12-5-7-13(17)8-6-12/h5-8,11,14-15,21H,2-4,9-10H2,1H3,(H2,18,20)/t11-,14-,15+/m0/s1. The van der Waals surface area contributed by atoms with Gasteiger partial charge in [0.2, 0.25) is 0 Å². The molecule has 1 aliphatic heterocycles. The number of nitrogens with two attached hydrogens (primary N) is 1. The topological polar surface area (TPSA) is 75.8 Å². The summed E-state index contributed by atoms with van der Waals surface area (Å²) >= 11 is 0. The molecule has 1 saturated heterocycles. The van der Waals surface area contributed by atoms with E-state index >= 15 is 0 Å². The van der Waals surface area contributed by atoms with Gasteiger partial charge in [0.15, 0.2) is 0 Å². The van der Waals surface area contributed by atoms with Gasteiger partial charge in [-0.25, -0.2) is 14.2 Å². The number of rotatable bonds is 6. The Kier molecular flexibility index (Phi) is 5.74. The van der Waals surface area contributed by atoms with Crippen molar-refractivity contribution < 1.29 is 19.1 Å². The predicted octanol–water partition coefficient (Wildman–Crippen LogP) is 3.37. The minimum atomic E-state index is -0.832. The smallest absolute Gasteiger partial charge is 0.338 e. The maximum Gasteiger partial charge on any atom is 0.338 e. The van der Waals surface area contributed by atoms with E-state index in [1.54, 1.807) is 19.1 Å². The highest BCUT2D eigenvalue weighted by Crippen LogP contribution is 2.34.